The van der Waals surface area contributed by atoms with E-state index in [0.29, 0.717) is 49.1 Å². The van der Waals surface area contributed by atoms with Gasteiger partial charge in [0.15, 0.2) is 0 Å². The van der Waals surface area contributed by atoms with E-state index < -0.39 is 6.03 Å². The first-order valence-corrected chi connectivity index (χ1v) is 19.9. The van der Waals surface area contributed by atoms with Crippen LogP contribution in [0.5, 0.6) is 11.5 Å². The standard InChI is InChI=1S/C44H62N4O6/c1-32-27-48(33(2)30-52-31-36-19-22-39(51-5)23-20-36)43(49)40-26-38(46-44(50)45-37-17-10-7-11-18-37)21-24-41(40)54-34(3)14-12-13-25-53-42(32)29-47(4)28-35-15-8-6-9-16-35/h7,10-11,17-24,26,32-35,42H,6,8-9,12-16,25,27-31H2,1-5H3,(H2,45,46,50)/t32-,33+,34+,42?/m1/s1. The summed E-state index contributed by atoms with van der Waals surface area (Å²) in [6.45, 7) is 10.0. The molecule has 2 aliphatic rings. The number of carbonyl (C=O) groups is 2. The zero-order valence-electron chi connectivity index (χ0n) is 33.1. The zero-order valence-corrected chi connectivity index (χ0v) is 33.1. The molecule has 0 radical (unpaired) electrons. The van der Waals surface area contributed by atoms with Crippen LogP contribution in [-0.2, 0) is 16.1 Å². The Morgan fingerprint density at radius 1 is 0.907 bits per heavy atom. The molecule has 4 atom stereocenters. The number of ether oxygens (including phenoxy) is 4. The van der Waals surface area contributed by atoms with Crippen LogP contribution in [0.25, 0.3) is 0 Å². The molecule has 3 amide bonds. The summed E-state index contributed by atoms with van der Waals surface area (Å²) in [6.07, 6.45) is 9.15. The van der Waals surface area contributed by atoms with Gasteiger partial charge in [-0.3, -0.25) is 4.79 Å². The van der Waals surface area contributed by atoms with Gasteiger partial charge in [-0.1, -0.05) is 56.5 Å². The Kier molecular flexibility index (Phi) is 16.0. The number of anilines is 2. The summed E-state index contributed by atoms with van der Waals surface area (Å²) < 4.78 is 24.7. The number of rotatable bonds is 12. The Morgan fingerprint density at radius 3 is 2.37 bits per heavy atom. The number of benzene rings is 3. The number of hydrogen-bond donors (Lipinski definition) is 2. The number of amides is 3. The van der Waals surface area contributed by atoms with Gasteiger partial charge in [0.1, 0.15) is 11.5 Å². The summed E-state index contributed by atoms with van der Waals surface area (Å²) in [5.41, 5.74) is 2.59. The van der Waals surface area contributed by atoms with Gasteiger partial charge >= 0.3 is 6.03 Å². The first kappa shape index (κ1) is 41.1. The van der Waals surface area contributed by atoms with Crippen molar-refractivity contribution >= 4 is 23.3 Å². The predicted octanol–water partition coefficient (Wildman–Crippen LogP) is 8.87. The van der Waals surface area contributed by atoms with Gasteiger partial charge in [0.05, 0.1) is 44.1 Å². The molecule has 1 saturated carbocycles. The molecule has 0 aromatic heterocycles. The van der Waals surface area contributed by atoms with Crippen LogP contribution in [0.2, 0.25) is 0 Å². The predicted molar refractivity (Wildman–Crippen MR) is 216 cm³/mol. The van der Waals surface area contributed by atoms with E-state index in [1.165, 1.54) is 32.1 Å². The second kappa shape index (κ2) is 21.1. The van der Waals surface area contributed by atoms with Gasteiger partial charge in [-0.25, -0.2) is 4.79 Å². The van der Waals surface area contributed by atoms with Crippen molar-refractivity contribution in [1.82, 2.24) is 9.80 Å². The summed E-state index contributed by atoms with van der Waals surface area (Å²) in [7, 11) is 3.87. The normalized spacial score (nSPS) is 21.0. The highest BCUT2D eigenvalue weighted by Gasteiger charge is 2.31. The van der Waals surface area contributed by atoms with Crippen LogP contribution >= 0.6 is 0 Å². The maximum atomic E-state index is 14.9. The van der Waals surface area contributed by atoms with E-state index in [2.05, 4.69) is 29.5 Å². The number of urea groups is 1. The maximum Gasteiger partial charge on any atom is 0.323 e. The first-order valence-electron chi connectivity index (χ1n) is 19.9. The topological polar surface area (TPSA) is 102 Å². The van der Waals surface area contributed by atoms with Gasteiger partial charge in [-0.15, -0.1) is 0 Å². The van der Waals surface area contributed by atoms with Gasteiger partial charge in [-0.05, 0) is 107 Å². The number of carbonyl (C=O) groups excluding carboxylic acids is 2. The van der Waals surface area contributed by atoms with E-state index in [1.807, 2.05) is 73.3 Å². The molecule has 2 N–H and O–H groups in total. The fourth-order valence-corrected chi connectivity index (χ4v) is 7.53. The van der Waals surface area contributed by atoms with Crippen LogP contribution in [-0.4, -0.2) is 87.0 Å². The minimum Gasteiger partial charge on any atom is -0.497 e. The fourth-order valence-electron chi connectivity index (χ4n) is 7.53. The lowest BCUT2D eigenvalue weighted by Crippen LogP contribution is -2.48. The van der Waals surface area contributed by atoms with Crippen LogP contribution in [0.3, 0.4) is 0 Å². The van der Waals surface area contributed by atoms with Crippen molar-refractivity contribution in [2.75, 3.05) is 57.6 Å². The van der Waals surface area contributed by atoms with Crippen molar-refractivity contribution in [2.45, 2.75) is 97.0 Å². The number of hydrogen-bond acceptors (Lipinski definition) is 7. The third-order valence-electron chi connectivity index (χ3n) is 10.6. The van der Waals surface area contributed by atoms with E-state index in [0.717, 1.165) is 49.6 Å². The molecule has 1 aliphatic heterocycles. The third kappa shape index (κ3) is 12.7. The van der Waals surface area contributed by atoms with Crippen LogP contribution in [0, 0.1) is 11.8 Å². The number of methoxy groups -OCH3 is 1. The first-order chi connectivity index (χ1) is 26.2. The molecule has 0 saturated heterocycles. The van der Waals surface area contributed by atoms with Gasteiger partial charge in [-0.2, -0.15) is 0 Å². The highest BCUT2D eigenvalue weighted by atomic mass is 16.5. The minimum atomic E-state index is -0.396. The van der Waals surface area contributed by atoms with Crippen molar-refractivity contribution in [2.24, 2.45) is 11.8 Å². The third-order valence-corrected chi connectivity index (χ3v) is 10.6. The van der Waals surface area contributed by atoms with E-state index in [1.54, 1.807) is 25.3 Å². The number of nitrogens with one attached hydrogen (secondary N) is 2. The Morgan fingerprint density at radius 2 is 1.63 bits per heavy atom. The lowest BCUT2D eigenvalue weighted by Gasteiger charge is -2.37. The Labute approximate surface area is 322 Å². The average molecular weight is 743 g/mol. The Hall–Kier alpha value is -4.12. The average Bonchev–Trinajstić information content (AvgIpc) is 3.17. The highest BCUT2D eigenvalue weighted by molar-refractivity contribution is 6.02. The molecule has 3 aromatic carbocycles. The molecule has 1 aliphatic carbocycles. The summed E-state index contributed by atoms with van der Waals surface area (Å²) in [6, 6.07) is 21.7. The molecular formula is C44H62N4O6. The second-order valence-corrected chi connectivity index (χ2v) is 15.4. The quantitative estimate of drug-likeness (QED) is 0.191. The summed E-state index contributed by atoms with van der Waals surface area (Å²) in [4.78, 5) is 32.3. The van der Waals surface area contributed by atoms with Crippen LogP contribution < -0.4 is 20.1 Å². The molecule has 54 heavy (non-hydrogen) atoms. The SMILES string of the molecule is COc1ccc(COC[C@H](C)N2C[C@@H](C)C(CN(C)CC3CCCCC3)OCCCC[C@H](C)Oc3ccc(NC(=O)Nc4ccccc4)cc3C2=O)cc1. The molecule has 1 fully saturated rings. The molecule has 0 bridgehead atoms. The van der Waals surface area contributed by atoms with Gasteiger partial charge in [0.2, 0.25) is 0 Å². The number of fused-ring (bicyclic) bond motifs is 1. The fraction of sp³-hybridized carbons (Fsp3) is 0.545. The van der Waals surface area contributed by atoms with Crippen LogP contribution in [0.1, 0.15) is 88.1 Å². The van der Waals surface area contributed by atoms with Crippen molar-refractivity contribution < 1.29 is 28.5 Å². The molecule has 10 nitrogen and oxygen atoms in total. The molecule has 1 unspecified atom stereocenters. The smallest absolute Gasteiger partial charge is 0.323 e. The van der Waals surface area contributed by atoms with Gasteiger partial charge < -0.3 is 39.4 Å². The molecule has 10 heteroatoms. The van der Waals surface area contributed by atoms with E-state index in [9.17, 15) is 9.59 Å². The maximum absolute atomic E-state index is 14.9. The van der Waals surface area contributed by atoms with Crippen LogP contribution in [0.4, 0.5) is 16.2 Å². The molecule has 3 aromatic rings. The molecule has 294 valence electrons. The van der Waals surface area contributed by atoms with E-state index >= 15 is 0 Å². The Bertz CT molecular complexity index is 1580. The molecule has 1 heterocycles. The van der Waals surface area contributed by atoms with E-state index in [4.69, 9.17) is 18.9 Å². The summed E-state index contributed by atoms with van der Waals surface area (Å²) >= 11 is 0. The lowest BCUT2D eigenvalue weighted by molar-refractivity contribution is -0.0216. The van der Waals surface area contributed by atoms with E-state index in [-0.39, 0.29) is 30.1 Å². The molecular weight excluding hydrogens is 681 g/mol. The number of likely N-dealkylation sites (N-methyl/N-ethyl adjacent to an activating group) is 1. The highest BCUT2D eigenvalue weighted by Crippen LogP contribution is 2.30. The Balaban J connectivity index is 1.40. The second-order valence-electron chi connectivity index (χ2n) is 15.4. The lowest BCUT2D eigenvalue weighted by atomic mass is 9.89. The summed E-state index contributed by atoms with van der Waals surface area (Å²) in [5.74, 6) is 1.89. The number of nitrogens with zero attached hydrogens (tertiary/aromatic N) is 2. The minimum absolute atomic E-state index is 0.0379. The van der Waals surface area contributed by atoms with Crippen molar-refractivity contribution in [1.29, 1.82) is 0 Å². The zero-order chi connectivity index (χ0) is 38.3. The largest absolute Gasteiger partial charge is 0.497 e. The van der Waals surface area contributed by atoms with Crippen molar-refractivity contribution in [3.8, 4) is 11.5 Å². The molecule has 0 spiro atoms. The monoisotopic (exact) mass is 742 g/mol. The van der Waals surface area contributed by atoms with Gasteiger partial charge in [0, 0.05) is 43.5 Å². The van der Waals surface area contributed by atoms with Crippen LogP contribution in [0.15, 0.2) is 72.8 Å². The van der Waals surface area contributed by atoms with Crippen molar-refractivity contribution in [3.63, 3.8) is 0 Å². The van der Waals surface area contributed by atoms with Gasteiger partial charge in [0.25, 0.3) is 5.91 Å². The van der Waals surface area contributed by atoms with Crippen molar-refractivity contribution in [3.05, 3.63) is 83.9 Å². The summed E-state index contributed by atoms with van der Waals surface area (Å²) in [5, 5.41) is 5.78. The molecule has 5 rings (SSSR count). The number of para-hydroxylation sites is 1.